The Bertz CT molecular complexity index is 575. The molecule has 1 amide bonds. The molecule has 2 N–H and O–H groups in total. The normalized spacial score (nSPS) is 11.9. The van der Waals surface area contributed by atoms with Crippen LogP contribution in [0.15, 0.2) is 48.8 Å². The zero-order chi connectivity index (χ0) is 14.4. The summed E-state index contributed by atoms with van der Waals surface area (Å²) in [6, 6.07) is 10.1. The molecule has 0 saturated carbocycles. The molecule has 0 saturated heterocycles. The first kappa shape index (κ1) is 14.1. The highest BCUT2D eigenvalue weighted by molar-refractivity contribution is 5.94. The number of hydrogen-bond donors (Lipinski definition) is 2. The zero-order valence-corrected chi connectivity index (χ0v) is 10.8. The number of halogens is 1. The standard InChI is InChI=1S/C15H15FN2O2/c16-13-8-12(9-17-10-13)15(20)18-14(6-7-19)11-4-2-1-3-5-11/h1-5,8-10,14,19H,6-7H2,(H,18,20). The first-order valence-corrected chi connectivity index (χ1v) is 6.28. The molecule has 5 heteroatoms. The maximum absolute atomic E-state index is 13.1. The van der Waals surface area contributed by atoms with E-state index < -0.39 is 11.7 Å². The minimum Gasteiger partial charge on any atom is -0.396 e. The Hall–Kier alpha value is -2.27. The Morgan fingerprint density at radius 1 is 1.30 bits per heavy atom. The van der Waals surface area contributed by atoms with Gasteiger partial charge in [-0.2, -0.15) is 0 Å². The Kier molecular flexibility index (Phi) is 4.79. The van der Waals surface area contributed by atoms with Crippen LogP contribution in [0.2, 0.25) is 0 Å². The van der Waals surface area contributed by atoms with Gasteiger partial charge in [-0.15, -0.1) is 0 Å². The fourth-order valence-corrected chi connectivity index (χ4v) is 1.91. The average molecular weight is 274 g/mol. The summed E-state index contributed by atoms with van der Waals surface area (Å²) in [6.07, 6.45) is 2.73. The van der Waals surface area contributed by atoms with Gasteiger partial charge in [0.1, 0.15) is 5.82 Å². The van der Waals surface area contributed by atoms with E-state index >= 15 is 0 Å². The zero-order valence-electron chi connectivity index (χ0n) is 10.8. The van der Waals surface area contributed by atoms with E-state index in [-0.39, 0.29) is 18.2 Å². The lowest BCUT2D eigenvalue weighted by atomic mass is 10.0. The number of nitrogens with zero attached hydrogens (tertiary/aromatic N) is 1. The molecule has 1 atom stereocenters. The van der Waals surface area contributed by atoms with Crippen LogP contribution in [0.1, 0.15) is 28.4 Å². The maximum atomic E-state index is 13.1. The smallest absolute Gasteiger partial charge is 0.253 e. The number of carbonyl (C=O) groups excluding carboxylic acids is 1. The van der Waals surface area contributed by atoms with Crippen LogP contribution in [-0.4, -0.2) is 22.6 Å². The number of pyridine rings is 1. The molecule has 0 spiro atoms. The van der Waals surface area contributed by atoms with E-state index in [2.05, 4.69) is 10.3 Å². The quantitative estimate of drug-likeness (QED) is 0.877. The SMILES string of the molecule is O=C(NC(CCO)c1ccccc1)c1cncc(F)c1. The summed E-state index contributed by atoms with van der Waals surface area (Å²) < 4.78 is 13.1. The summed E-state index contributed by atoms with van der Waals surface area (Å²) in [5, 5.41) is 11.9. The number of hydrogen-bond acceptors (Lipinski definition) is 3. The molecule has 0 fully saturated rings. The lowest BCUT2D eigenvalue weighted by molar-refractivity contribution is 0.0929. The second kappa shape index (κ2) is 6.77. The van der Waals surface area contributed by atoms with Crippen molar-refractivity contribution >= 4 is 5.91 Å². The van der Waals surface area contributed by atoms with Gasteiger partial charge < -0.3 is 10.4 Å². The molecule has 0 aliphatic rings. The molecule has 4 nitrogen and oxygen atoms in total. The van der Waals surface area contributed by atoms with E-state index in [0.717, 1.165) is 17.8 Å². The summed E-state index contributed by atoms with van der Waals surface area (Å²) in [4.78, 5) is 15.7. The molecule has 1 unspecified atom stereocenters. The predicted octanol–water partition coefficient (Wildman–Crippen LogP) is 2.07. The van der Waals surface area contributed by atoms with Crippen LogP contribution in [0.5, 0.6) is 0 Å². The van der Waals surface area contributed by atoms with E-state index in [0.29, 0.717) is 6.42 Å². The molecule has 0 bridgehead atoms. The number of carbonyl (C=O) groups is 1. The summed E-state index contributed by atoms with van der Waals surface area (Å²) in [5.41, 5.74) is 1.04. The van der Waals surface area contributed by atoms with Crippen LogP contribution < -0.4 is 5.32 Å². The van der Waals surface area contributed by atoms with Crippen LogP contribution in [0.25, 0.3) is 0 Å². The van der Waals surface area contributed by atoms with Crippen LogP contribution in [0.4, 0.5) is 4.39 Å². The van der Waals surface area contributed by atoms with Crippen LogP contribution in [-0.2, 0) is 0 Å². The number of aliphatic hydroxyl groups excluding tert-OH is 1. The Labute approximate surface area is 116 Å². The molecule has 104 valence electrons. The highest BCUT2D eigenvalue weighted by Crippen LogP contribution is 2.16. The topological polar surface area (TPSA) is 62.2 Å². The minimum absolute atomic E-state index is 0.0543. The number of nitrogens with one attached hydrogen (secondary N) is 1. The van der Waals surface area contributed by atoms with Crippen molar-refractivity contribution in [3.05, 3.63) is 65.7 Å². The van der Waals surface area contributed by atoms with Gasteiger partial charge in [-0.1, -0.05) is 30.3 Å². The van der Waals surface area contributed by atoms with Gasteiger partial charge in [-0.25, -0.2) is 4.39 Å². The van der Waals surface area contributed by atoms with E-state index in [1.54, 1.807) is 0 Å². The van der Waals surface area contributed by atoms with Crippen molar-refractivity contribution in [1.29, 1.82) is 0 Å². The monoisotopic (exact) mass is 274 g/mol. The third-order valence-corrected chi connectivity index (χ3v) is 2.89. The van der Waals surface area contributed by atoms with Gasteiger partial charge in [-0.3, -0.25) is 9.78 Å². The number of benzene rings is 1. The second-order valence-corrected chi connectivity index (χ2v) is 4.34. The molecule has 1 aromatic carbocycles. The van der Waals surface area contributed by atoms with Gasteiger partial charge in [0.15, 0.2) is 0 Å². The molecule has 0 aliphatic carbocycles. The Morgan fingerprint density at radius 2 is 2.05 bits per heavy atom. The predicted molar refractivity (Wildman–Crippen MR) is 72.5 cm³/mol. The molecule has 1 heterocycles. The van der Waals surface area contributed by atoms with Crippen LogP contribution in [0.3, 0.4) is 0 Å². The second-order valence-electron chi connectivity index (χ2n) is 4.34. The highest BCUT2D eigenvalue weighted by Gasteiger charge is 2.15. The summed E-state index contributed by atoms with van der Waals surface area (Å²) >= 11 is 0. The fraction of sp³-hybridized carbons (Fsp3) is 0.200. The van der Waals surface area contributed by atoms with Crippen molar-refractivity contribution in [1.82, 2.24) is 10.3 Å². The number of amides is 1. The van der Waals surface area contributed by atoms with Crippen molar-refractivity contribution in [3.8, 4) is 0 Å². The lowest BCUT2D eigenvalue weighted by Gasteiger charge is -2.18. The highest BCUT2D eigenvalue weighted by atomic mass is 19.1. The third kappa shape index (κ3) is 3.61. The van der Waals surface area contributed by atoms with Crippen LogP contribution in [0, 0.1) is 5.82 Å². The first-order chi connectivity index (χ1) is 9.70. The van der Waals surface area contributed by atoms with Gasteiger partial charge in [0, 0.05) is 12.8 Å². The van der Waals surface area contributed by atoms with Crippen molar-refractivity contribution in [2.24, 2.45) is 0 Å². The molecule has 0 aliphatic heterocycles. The van der Waals surface area contributed by atoms with Gasteiger partial charge in [0.05, 0.1) is 17.8 Å². The molecular weight excluding hydrogens is 259 g/mol. The van der Waals surface area contributed by atoms with Gasteiger partial charge in [0.25, 0.3) is 5.91 Å². The van der Waals surface area contributed by atoms with Crippen LogP contribution >= 0.6 is 0 Å². The molecule has 2 aromatic rings. The van der Waals surface area contributed by atoms with Gasteiger partial charge >= 0.3 is 0 Å². The Balaban J connectivity index is 2.14. The number of aromatic nitrogens is 1. The molecule has 0 radical (unpaired) electrons. The largest absolute Gasteiger partial charge is 0.396 e. The Morgan fingerprint density at radius 3 is 2.70 bits per heavy atom. The molecule has 1 aromatic heterocycles. The lowest BCUT2D eigenvalue weighted by Crippen LogP contribution is -2.29. The fourth-order valence-electron chi connectivity index (χ4n) is 1.91. The third-order valence-electron chi connectivity index (χ3n) is 2.89. The number of aliphatic hydroxyl groups is 1. The maximum Gasteiger partial charge on any atom is 0.253 e. The van der Waals surface area contributed by atoms with Crippen molar-refractivity contribution in [2.45, 2.75) is 12.5 Å². The van der Waals surface area contributed by atoms with E-state index in [1.807, 2.05) is 30.3 Å². The minimum atomic E-state index is -0.559. The molecule has 20 heavy (non-hydrogen) atoms. The van der Waals surface area contributed by atoms with Crippen molar-refractivity contribution in [2.75, 3.05) is 6.61 Å². The average Bonchev–Trinajstić information content (AvgIpc) is 2.47. The molecule has 2 rings (SSSR count). The van der Waals surface area contributed by atoms with Gasteiger partial charge in [0.2, 0.25) is 0 Å². The molecular formula is C15H15FN2O2. The van der Waals surface area contributed by atoms with Gasteiger partial charge in [-0.05, 0) is 18.1 Å². The summed E-state index contributed by atoms with van der Waals surface area (Å²) in [5.74, 6) is -0.977. The number of rotatable bonds is 5. The summed E-state index contributed by atoms with van der Waals surface area (Å²) in [7, 11) is 0. The first-order valence-electron chi connectivity index (χ1n) is 6.28. The van der Waals surface area contributed by atoms with E-state index in [4.69, 9.17) is 5.11 Å². The van der Waals surface area contributed by atoms with E-state index in [1.165, 1.54) is 6.20 Å². The van der Waals surface area contributed by atoms with Crippen molar-refractivity contribution in [3.63, 3.8) is 0 Å². The summed E-state index contributed by atoms with van der Waals surface area (Å²) in [6.45, 7) is -0.0543. The van der Waals surface area contributed by atoms with Crippen molar-refractivity contribution < 1.29 is 14.3 Å². The van der Waals surface area contributed by atoms with E-state index in [9.17, 15) is 9.18 Å².